The van der Waals surface area contributed by atoms with Crippen molar-refractivity contribution in [2.75, 3.05) is 25.9 Å². The molecule has 0 aliphatic carbocycles. The third kappa shape index (κ3) is 4.36. The zero-order valence-electron chi connectivity index (χ0n) is 10.3. The minimum atomic E-state index is -3.34. The SMILES string of the molecule is COc1ccc(CNS(=O)(=O)CCCl)c(OC)c1. The third-order valence-electron chi connectivity index (χ3n) is 2.32. The van der Waals surface area contributed by atoms with Crippen LogP contribution in [0.2, 0.25) is 0 Å². The fourth-order valence-corrected chi connectivity index (χ4v) is 2.69. The van der Waals surface area contributed by atoms with Gasteiger partial charge in [0, 0.05) is 24.1 Å². The molecule has 0 atom stereocenters. The summed E-state index contributed by atoms with van der Waals surface area (Å²) in [5.41, 5.74) is 0.733. The van der Waals surface area contributed by atoms with E-state index >= 15 is 0 Å². The van der Waals surface area contributed by atoms with E-state index in [4.69, 9.17) is 21.1 Å². The molecular formula is C11H16ClNO4S. The number of alkyl halides is 1. The van der Waals surface area contributed by atoms with Crippen molar-refractivity contribution in [1.82, 2.24) is 4.72 Å². The van der Waals surface area contributed by atoms with Gasteiger partial charge in [-0.2, -0.15) is 0 Å². The Hall–Kier alpha value is -0.980. The Morgan fingerprint density at radius 2 is 2.00 bits per heavy atom. The first-order valence-corrected chi connectivity index (χ1v) is 7.45. The lowest BCUT2D eigenvalue weighted by atomic mass is 10.2. The highest BCUT2D eigenvalue weighted by atomic mass is 35.5. The van der Waals surface area contributed by atoms with Crippen molar-refractivity contribution in [3.05, 3.63) is 23.8 Å². The molecule has 7 heteroatoms. The van der Waals surface area contributed by atoms with Crippen LogP contribution in [0.1, 0.15) is 5.56 Å². The lowest BCUT2D eigenvalue weighted by Gasteiger charge is -2.11. The molecule has 1 aromatic carbocycles. The number of ether oxygens (including phenoxy) is 2. The van der Waals surface area contributed by atoms with Crippen LogP contribution in [0, 0.1) is 0 Å². The molecule has 0 fully saturated rings. The van der Waals surface area contributed by atoms with E-state index in [2.05, 4.69) is 4.72 Å². The van der Waals surface area contributed by atoms with Gasteiger partial charge >= 0.3 is 0 Å². The zero-order valence-corrected chi connectivity index (χ0v) is 11.8. The first-order chi connectivity index (χ1) is 8.52. The van der Waals surface area contributed by atoms with Crippen LogP contribution >= 0.6 is 11.6 Å². The van der Waals surface area contributed by atoms with Crippen LogP contribution in [-0.4, -0.2) is 34.3 Å². The molecular weight excluding hydrogens is 278 g/mol. The van der Waals surface area contributed by atoms with E-state index < -0.39 is 10.0 Å². The van der Waals surface area contributed by atoms with Crippen molar-refractivity contribution >= 4 is 21.6 Å². The van der Waals surface area contributed by atoms with Crippen molar-refractivity contribution < 1.29 is 17.9 Å². The molecule has 102 valence electrons. The molecule has 1 aromatic rings. The maximum Gasteiger partial charge on any atom is 0.213 e. The maximum atomic E-state index is 11.5. The van der Waals surface area contributed by atoms with Crippen molar-refractivity contribution in [2.45, 2.75) is 6.54 Å². The minimum absolute atomic E-state index is 0.0646. The van der Waals surface area contributed by atoms with Crippen LogP contribution < -0.4 is 14.2 Å². The van der Waals surface area contributed by atoms with Crippen LogP contribution in [0.3, 0.4) is 0 Å². The predicted molar refractivity (Wildman–Crippen MR) is 70.9 cm³/mol. The number of sulfonamides is 1. The molecule has 0 bridgehead atoms. The summed E-state index contributed by atoms with van der Waals surface area (Å²) in [6, 6.07) is 5.19. The molecule has 5 nitrogen and oxygen atoms in total. The number of hydrogen-bond donors (Lipinski definition) is 1. The quantitative estimate of drug-likeness (QED) is 0.771. The molecule has 0 aliphatic heterocycles. The summed E-state index contributed by atoms with van der Waals surface area (Å²) in [4.78, 5) is 0. The Kier molecular flexibility index (Phi) is 5.71. The first-order valence-electron chi connectivity index (χ1n) is 5.26. The highest BCUT2D eigenvalue weighted by molar-refractivity contribution is 7.89. The fraction of sp³-hybridized carbons (Fsp3) is 0.455. The fourth-order valence-electron chi connectivity index (χ4n) is 1.36. The van der Waals surface area contributed by atoms with Gasteiger partial charge in [0.25, 0.3) is 0 Å². The van der Waals surface area contributed by atoms with Gasteiger partial charge in [0.2, 0.25) is 10.0 Å². The Morgan fingerprint density at radius 3 is 2.56 bits per heavy atom. The third-order valence-corrected chi connectivity index (χ3v) is 4.06. The molecule has 0 saturated carbocycles. The second-order valence-corrected chi connectivity index (χ2v) is 5.81. The highest BCUT2D eigenvalue weighted by Gasteiger charge is 2.11. The van der Waals surface area contributed by atoms with Crippen molar-refractivity contribution in [3.8, 4) is 11.5 Å². The number of nitrogens with one attached hydrogen (secondary N) is 1. The Balaban J connectivity index is 2.79. The maximum absolute atomic E-state index is 11.5. The Bertz CT molecular complexity index is 490. The lowest BCUT2D eigenvalue weighted by molar-refractivity contribution is 0.390. The predicted octanol–water partition coefficient (Wildman–Crippen LogP) is 1.36. The van der Waals surface area contributed by atoms with E-state index in [1.165, 1.54) is 7.11 Å². The summed E-state index contributed by atoms with van der Waals surface area (Å²) >= 11 is 5.41. The molecule has 1 N–H and O–H groups in total. The van der Waals surface area contributed by atoms with Gasteiger partial charge in [-0.25, -0.2) is 13.1 Å². The van der Waals surface area contributed by atoms with Gasteiger partial charge in [-0.3, -0.25) is 0 Å². The van der Waals surface area contributed by atoms with Gasteiger partial charge in [-0.1, -0.05) is 6.07 Å². The van der Waals surface area contributed by atoms with E-state index in [0.717, 1.165) is 5.56 Å². The lowest BCUT2D eigenvalue weighted by Crippen LogP contribution is -2.26. The molecule has 0 heterocycles. The van der Waals surface area contributed by atoms with Gasteiger partial charge < -0.3 is 9.47 Å². The van der Waals surface area contributed by atoms with Crippen LogP contribution in [0.4, 0.5) is 0 Å². The van der Waals surface area contributed by atoms with Crippen LogP contribution in [0.15, 0.2) is 18.2 Å². The van der Waals surface area contributed by atoms with E-state index in [9.17, 15) is 8.42 Å². The van der Waals surface area contributed by atoms with Crippen LogP contribution in [0.25, 0.3) is 0 Å². The molecule has 0 aromatic heterocycles. The molecule has 0 amide bonds. The van der Waals surface area contributed by atoms with Crippen molar-refractivity contribution in [2.24, 2.45) is 0 Å². The number of methoxy groups -OCH3 is 2. The number of benzene rings is 1. The number of hydrogen-bond acceptors (Lipinski definition) is 4. The molecule has 0 unspecified atom stereocenters. The van der Waals surface area contributed by atoms with Crippen molar-refractivity contribution in [1.29, 1.82) is 0 Å². The minimum Gasteiger partial charge on any atom is -0.497 e. The number of halogens is 1. The standard InChI is InChI=1S/C11H16ClNO4S/c1-16-10-4-3-9(11(7-10)17-2)8-13-18(14,15)6-5-12/h3-4,7,13H,5-6,8H2,1-2H3. The summed E-state index contributed by atoms with van der Waals surface area (Å²) in [6.07, 6.45) is 0. The second-order valence-electron chi connectivity index (χ2n) is 3.51. The monoisotopic (exact) mass is 293 g/mol. The topological polar surface area (TPSA) is 64.6 Å². The highest BCUT2D eigenvalue weighted by Crippen LogP contribution is 2.24. The summed E-state index contributed by atoms with van der Waals surface area (Å²) in [5.74, 6) is 1.18. The smallest absolute Gasteiger partial charge is 0.213 e. The summed E-state index contributed by atoms with van der Waals surface area (Å²) < 4.78 is 35.6. The Morgan fingerprint density at radius 1 is 1.28 bits per heavy atom. The second kappa shape index (κ2) is 6.82. The Labute approximate surface area is 112 Å². The molecule has 0 radical (unpaired) electrons. The van der Waals surface area contributed by atoms with Crippen LogP contribution in [-0.2, 0) is 16.6 Å². The first kappa shape index (κ1) is 15.1. The summed E-state index contributed by atoms with van der Waals surface area (Å²) in [7, 11) is -0.267. The van der Waals surface area contributed by atoms with E-state index in [1.807, 2.05) is 0 Å². The number of rotatable bonds is 7. The summed E-state index contributed by atoms with van der Waals surface area (Å²) in [6.45, 7) is 0.159. The van der Waals surface area contributed by atoms with Crippen LogP contribution in [0.5, 0.6) is 11.5 Å². The van der Waals surface area contributed by atoms with E-state index in [-0.39, 0.29) is 18.2 Å². The van der Waals surface area contributed by atoms with Gasteiger partial charge in [0.05, 0.1) is 20.0 Å². The average Bonchev–Trinajstić information content (AvgIpc) is 2.36. The van der Waals surface area contributed by atoms with E-state index in [1.54, 1.807) is 25.3 Å². The zero-order chi connectivity index (χ0) is 13.6. The van der Waals surface area contributed by atoms with E-state index in [0.29, 0.717) is 11.5 Å². The average molecular weight is 294 g/mol. The molecule has 0 saturated heterocycles. The normalized spacial score (nSPS) is 11.3. The van der Waals surface area contributed by atoms with Gasteiger partial charge in [0.15, 0.2) is 0 Å². The molecule has 1 rings (SSSR count). The van der Waals surface area contributed by atoms with Gasteiger partial charge in [0.1, 0.15) is 11.5 Å². The van der Waals surface area contributed by atoms with Gasteiger partial charge in [-0.05, 0) is 6.07 Å². The molecule has 0 spiro atoms. The van der Waals surface area contributed by atoms with Gasteiger partial charge in [-0.15, -0.1) is 11.6 Å². The van der Waals surface area contributed by atoms with Crippen molar-refractivity contribution in [3.63, 3.8) is 0 Å². The molecule has 18 heavy (non-hydrogen) atoms. The largest absolute Gasteiger partial charge is 0.497 e. The molecule has 0 aliphatic rings. The summed E-state index contributed by atoms with van der Waals surface area (Å²) in [5, 5.41) is 0.